The summed E-state index contributed by atoms with van der Waals surface area (Å²) in [6.07, 6.45) is 0. The molecule has 0 saturated carbocycles. The van der Waals surface area contributed by atoms with Crippen LogP contribution in [-0.2, 0) is 0 Å². The quantitative estimate of drug-likeness (QED) is 0.353. The lowest BCUT2D eigenvalue weighted by atomic mass is 10.1. The topological polar surface area (TPSA) is 0 Å². The summed E-state index contributed by atoms with van der Waals surface area (Å²) >= 11 is 1.88. The molecule has 0 aliphatic carbocycles. The third-order valence-corrected chi connectivity index (χ3v) is 4.61. The first-order chi connectivity index (χ1) is 10.2. The van der Waals surface area contributed by atoms with Gasteiger partial charge in [0.2, 0.25) is 0 Å². The van der Waals surface area contributed by atoms with E-state index in [1.54, 1.807) is 0 Å². The summed E-state index contributed by atoms with van der Waals surface area (Å²) in [5.74, 6) is 0. The number of rotatable bonds is 0. The smallest absolute Gasteiger partial charge is 0.0358 e. The van der Waals surface area contributed by atoms with Crippen molar-refractivity contribution in [2.24, 2.45) is 0 Å². The molecule has 0 radical (unpaired) electrons. The standard InChI is InChI=1S/C13H10S.C7H8/c1-9-6-7-11-10-4-2-3-5-12(10)14-13(11)8-9;1-7-5-3-2-4-6-7/h2-8H,1H3;2-6H,1H3. The van der Waals surface area contributed by atoms with Crippen molar-refractivity contribution in [2.75, 3.05) is 0 Å². The van der Waals surface area contributed by atoms with E-state index in [0.717, 1.165) is 0 Å². The highest BCUT2D eigenvalue weighted by Crippen LogP contribution is 2.33. The fourth-order valence-electron chi connectivity index (χ4n) is 2.37. The summed E-state index contributed by atoms with van der Waals surface area (Å²) < 4.78 is 2.78. The molecule has 21 heavy (non-hydrogen) atoms. The maximum atomic E-state index is 2.26. The fraction of sp³-hybridized carbons (Fsp3) is 0.100. The van der Waals surface area contributed by atoms with E-state index in [1.807, 2.05) is 29.5 Å². The Hall–Kier alpha value is -2.12. The van der Waals surface area contributed by atoms with Crippen LogP contribution in [0, 0.1) is 13.8 Å². The Balaban J connectivity index is 0.000000160. The number of fused-ring (bicyclic) bond motifs is 3. The summed E-state index contributed by atoms with van der Waals surface area (Å²) in [6, 6.07) is 25.5. The molecule has 0 nitrogen and oxygen atoms in total. The average Bonchev–Trinajstić information content (AvgIpc) is 2.86. The Kier molecular flexibility index (Phi) is 4.03. The molecule has 3 aromatic carbocycles. The Morgan fingerprint density at radius 3 is 1.95 bits per heavy atom. The van der Waals surface area contributed by atoms with Crippen molar-refractivity contribution in [3.8, 4) is 0 Å². The number of thiophene rings is 1. The second kappa shape index (κ2) is 6.11. The minimum atomic E-state index is 1.32. The third-order valence-electron chi connectivity index (χ3n) is 3.47. The maximum absolute atomic E-state index is 2.26. The van der Waals surface area contributed by atoms with E-state index in [2.05, 4.69) is 68.4 Å². The zero-order valence-corrected chi connectivity index (χ0v) is 13.2. The van der Waals surface area contributed by atoms with Crippen molar-refractivity contribution in [3.05, 3.63) is 83.9 Å². The van der Waals surface area contributed by atoms with Gasteiger partial charge in [0.15, 0.2) is 0 Å². The maximum Gasteiger partial charge on any atom is 0.0358 e. The van der Waals surface area contributed by atoms with Crippen molar-refractivity contribution in [1.29, 1.82) is 0 Å². The first-order valence-corrected chi connectivity index (χ1v) is 7.95. The third kappa shape index (κ3) is 3.14. The molecule has 0 spiro atoms. The van der Waals surface area contributed by atoms with Gasteiger partial charge in [0.05, 0.1) is 0 Å². The molecule has 0 amide bonds. The van der Waals surface area contributed by atoms with Crippen LogP contribution in [0.25, 0.3) is 20.2 Å². The van der Waals surface area contributed by atoms with Gasteiger partial charge in [-0.05, 0) is 31.5 Å². The van der Waals surface area contributed by atoms with Crippen molar-refractivity contribution in [2.45, 2.75) is 13.8 Å². The number of benzene rings is 3. The van der Waals surface area contributed by atoms with Gasteiger partial charge in [0.1, 0.15) is 0 Å². The Morgan fingerprint density at radius 1 is 0.571 bits per heavy atom. The summed E-state index contributed by atoms with van der Waals surface area (Å²) in [4.78, 5) is 0. The largest absolute Gasteiger partial charge is 0.135 e. The molecule has 104 valence electrons. The first kappa shape index (κ1) is 13.8. The van der Waals surface area contributed by atoms with Crippen molar-refractivity contribution in [1.82, 2.24) is 0 Å². The van der Waals surface area contributed by atoms with Crippen LogP contribution < -0.4 is 0 Å². The van der Waals surface area contributed by atoms with Crippen LogP contribution in [0.1, 0.15) is 11.1 Å². The summed E-state index contributed by atoms with van der Waals surface area (Å²) in [6.45, 7) is 4.23. The normalized spacial score (nSPS) is 10.4. The van der Waals surface area contributed by atoms with E-state index in [1.165, 1.54) is 31.3 Å². The Bertz CT molecular complexity index is 857. The van der Waals surface area contributed by atoms with Gasteiger partial charge in [-0.15, -0.1) is 11.3 Å². The van der Waals surface area contributed by atoms with Gasteiger partial charge >= 0.3 is 0 Å². The van der Waals surface area contributed by atoms with Crippen LogP contribution in [0.2, 0.25) is 0 Å². The van der Waals surface area contributed by atoms with E-state index in [0.29, 0.717) is 0 Å². The van der Waals surface area contributed by atoms with E-state index >= 15 is 0 Å². The molecule has 1 heterocycles. The molecule has 4 rings (SSSR count). The highest BCUT2D eigenvalue weighted by molar-refractivity contribution is 7.25. The number of hydrogen-bond acceptors (Lipinski definition) is 1. The summed E-state index contributed by atoms with van der Waals surface area (Å²) in [7, 11) is 0. The van der Waals surface area contributed by atoms with Crippen molar-refractivity contribution in [3.63, 3.8) is 0 Å². The molecule has 0 atom stereocenters. The van der Waals surface area contributed by atoms with Crippen LogP contribution in [-0.4, -0.2) is 0 Å². The lowest BCUT2D eigenvalue weighted by Crippen LogP contribution is -1.68. The summed E-state index contributed by atoms with van der Waals surface area (Å²) in [5, 5.41) is 2.77. The first-order valence-electron chi connectivity index (χ1n) is 7.13. The zero-order chi connectivity index (χ0) is 14.7. The van der Waals surface area contributed by atoms with Crippen LogP contribution in [0.5, 0.6) is 0 Å². The molecule has 0 aliphatic heterocycles. The molecular formula is C20H18S. The molecule has 0 bridgehead atoms. The minimum Gasteiger partial charge on any atom is -0.135 e. The minimum absolute atomic E-state index is 1.32. The second-order valence-corrected chi connectivity index (χ2v) is 6.34. The SMILES string of the molecule is Cc1ccc2c(c1)sc1ccccc12.Cc1ccccc1. The molecule has 1 aromatic heterocycles. The van der Waals surface area contributed by atoms with E-state index < -0.39 is 0 Å². The molecule has 0 fully saturated rings. The van der Waals surface area contributed by atoms with Crippen LogP contribution >= 0.6 is 11.3 Å². The van der Waals surface area contributed by atoms with Crippen LogP contribution in [0.15, 0.2) is 72.8 Å². The predicted molar refractivity (Wildman–Crippen MR) is 95.2 cm³/mol. The van der Waals surface area contributed by atoms with Gasteiger partial charge in [-0.2, -0.15) is 0 Å². The number of hydrogen-bond donors (Lipinski definition) is 0. The fourth-order valence-corrected chi connectivity index (χ4v) is 3.57. The van der Waals surface area contributed by atoms with E-state index in [-0.39, 0.29) is 0 Å². The monoisotopic (exact) mass is 290 g/mol. The zero-order valence-electron chi connectivity index (χ0n) is 12.3. The predicted octanol–water partition coefficient (Wildman–Crippen LogP) is 6.36. The van der Waals surface area contributed by atoms with Crippen LogP contribution in [0.4, 0.5) is 0 Å². The number of aryl methyl sites for hydroxylation is 2. The average molecular weight is 290 g/mol. The molecule has 0 aliphatic rings. The molecule has 0 saturated heterocycles. The van der Waals surface area contributed by atoms with Gasteiger partial charge in [-0.3, -0.25) is 0 Å². The molecular weight excluding hydrogens is 272 g/mol. The Morgan fingerprint density at radius 2 is 1.24 bits per heavy atom. The van der Waals surface area contributed by atoms with Crippen LogP contribution in [0.3, 0.4) is 0 Å². The van der Waals surface area contributed by atoms with Crippen molar-refractivity contribution < 1.29 is 0 Å². The van der Waals surface area contributed by atoms with E-state index in [9.17, 15) is 0 Å². The van der Waals surface area contributed by atoms with Gasteiger partial charge in [-0.1, -0.05) is 66.2 Å². The second-order valence-electron chi connectivity index (χ2n) is 5.25. The molecule has 0 N–H and O–H groups in total. The molecule has 1 heteroatoms. The lowest BCUT2D eigenvalue weighted by molar-refractivity contribution is 1.48. The lowest BCUT2D eigenvalue weighted by Gasteiger charge is -1.92. The van der Waals surface area contributed by atoms with Gasteiger partial charge < -0.3 is 0 Å². The van der Waals surface area contributed by atoms with Gasteiger partial charge in [-0.25, -0.2) is 0 Å². The van der Waals surface area contributed by atoms with Crippen molar-refractivity contribution >= 4 is 31.5 Å². The molecule has 0 unspecified atom stereocenters. The Labute approximate surface area is 129 Å². The van der Waals surface area contributed by atoms with Gasteiger partial charge in [0.25, 0.3) is 0 Å². The summed E-state index contributed by atoms with van der Waals surface area (Å²) in [5.41, 5.74) is 2.66. The highest BCUT2D eigenvalue weighted by atomic mass is 32.1. The van der Waals surface area contributed by atoms with E-state index in [4.69, 9.17) is 0 Å². The molecule has 4 aromatic rings. The van der Waals surface area contributed by atoms with Gasteiger partial charge in [0, 0.05) is 20.2 Å². The highest BCUT2D eigenvalue weighted by Gasteiger charge is 2.02.